The van der Waals surface area contributed by atoms with E-state index >= 15 is 0 Å². The Kier molecular flexibility index (Phi) is 3.34. The number of rotatable bonds is 4. The Bertz CT molecular complexity index is 739. The highest BCUT2D eigenvalue weighted by molar-refractivity contribution is 7.16. The molecule has 4 N–H and O–H groups in total. The first kappa shape index (κ1) is 12.6. The van der Waals surface area contributed by atoms with E-state index in [1.54, 1.807) is 11.3 Å². The molecule has 0 bridgehead atoms. The summed E-state index contributed by atoms with van der Waals surface area (Å²) < 4.78 is 1.13. The van der Waals surface area contributed by atoms with Crippen molar-refractivity contribution in [3.8, 4) is 0 Å². The standard InChI is InChI=1S/C13H14N6S/c1-2-15-11-6-12(19-13(14)18-11)17-8-3-4-9-10(5-8)20-7-16-9/h3-7H,2H2,1H3,(H4,14,15,17,18,19). The zero-order chi connectivity index (χ0) is 13.9. The number of thiazole rings is 1. The number of hydrogen-bond donors (Lipinski definition) is 3. The molecule has 0 saturated carbocycles. The lowest BCUT2D eigenvalue weighted by Gasteiger charge is -2.09. The average molecular weight is 286 g/mol. The zero-order valence-corrected chi connectivity index (χ0v) is 11.7. The van der Waals surface area contributed by atoms with Gasteiger partial charge in [-0.3, -0.25) is 0 Å². The van der Waals surface area contributed by atoms with Crippen LogP contribution >= 0.6 is 11.3 Å². The van der Waals surface area contributed by atoms with Crippen LogP contribution < -0.4 is 16.4 Å². The van der Waals surface area contributed by atoms with Crippen molar-refractivity contribution in [2.45, 2.75) is 6.92 Å². The fraction of sp³-hybridized carbons (Fsp3) is 0.154. The molecular weight excluding hydrogens is 272 g/mol. The van der Waals surface area contributed by atoms with E-state index in [1.165, 1.54) is 0 Å². The van der Waals surface area contributed by atoms with E-state index in [9.17, 15) is 0 Å². The highest BCUT2D eigenvalue weighted by Crippen LogP contribution is 2.24. The molecule has 0 saturated heterocycles. The molecule has 0 aliphatic carbocycles. The number of nitrogens with zero attached hydrogens (tertiary/aromatic N) is 3. The minimum atomic E-state index is 0.241. The first-order valence-electron chi connectivity index (χ1n) is 6.23. The number of benzene rings is 1. The average Bonchev–Trinajstić information content (AvgIpc) is 2.85. The number of nitrogens with two attached hydrogens (primary N) is 1. The largest absolute Gasteiger partial charge is 0.370 e. The molecule has 0 radical (unpaired) electrons. The van der Waals surface area contributed by atoms with E-state index in [-0.39, 0.29) is 5.95 Å². The molecular formula is C13H14N6S. The van der Waals surface area contributed by atoms with Gasteiger partial charge in [0, 0.05) is 18.3 Å². The van der Waals surface area contributed by atoms with Crippen LogP contribution in [0, 0.1) is 0 Å². The van der Waals surface area contributed by atoms with Crippen LogP contribution in [0.4, 0.5) is 23.3 Å². The molecule has 2 aromatic heterocycles. The van der Waals surface area contributed by atoms with Gasteiger partial charge in [-0.05, 0) is 25.1 Å². The molecule has 0 atom stereocenters. The molecule has 3 rings (SSSR count). The smallest absolute Gasteiger partial charge is 0.223 e. The van der Waals surface area contributed by atoms with E-state index in [2.05, 4.69) is 25.6 Å². The van der Waals surface area contributed by atoms with Crippen molar-refractivity contribution in [3.05, 3.63) is 29.8 Å². The summed E-state index contributed by atoms with van der Waals surface area (Å²) in [7, 11) is 0. The van der Waals surface area contributed by atoms with Gasteiger partial charge in [0.2, 0.25) is 5.95 Å². The monoisotopic (exact) mass is 286 g/mol. The molecule has 20 heavy (non-hydrogen) atoms. The van der Waals surface area contributed by atoms with Crippen LogP contribution in [0.3, 0.4) is 0 Å². The van der Waals surface area contributed by atoms with Crippen molar-refractivity contribution < 1.29 is 0 Å². The molecule has 0 amide bonds. The second kappa shape index (κ2) is 5.30. The van der Waals surface area contributed by atoms with Gasteiger partial charge in [0.15, 0.2) is 0 Å². The Labute approximate surface area is 120 Å². The van der Waals surface area contributed by atoms with Gasteiger partial charge in [-0.1, -0.05) is 0 Å². The third kappa shape index (κ3) is 2.62. The van der Waals surface area contributed by atoms with E-state index < -0.39 is 0 Å². The van der Waals surface area contributed by atoms with Gasteiger partial charge in [-0.15, -0.1) is 11.3 Å². The first-order chi connectivity index (χ1) is 9.74. The van der Waals surface area contributed by atoms with Crippen molar-refractivity contribution in [1.82, 2.24) is 15.0 Å². The van der Waals surface area contributed by atoms with Crippen molar-refractivity contribution in [1.29, 1.82) is 0 Å². The van der Waals surface area contributed by atoms with Crippen LogP contribution in [0.2, 0.25) is 0 Å². The summed E-state index contributed by atoms with van der Waals surface area (Å²) in [6.45, 7) is 2.78. The topological polar surface area (TPSA) is 88.8 Å². The van der Waals surface area contributed by atoms with Gasteiger partial charge in [0.05, 0.1) is 15.7 Å². The van der Waals surface area contributed by atoms with Crippen LogP contribution in [-0.4, -0.2) is 21.5 Å². The molecule has 0 aliphatic rings. The number of hydrogen-bond acceptors (Lipinski definition) is 7. The molecule has 1 aromatic carbocycles. The Balaban J connectivity index is 1.89. The summed E-state index contributed by atoms with van der Waals surface area (Å²) >= 11 is 1.61. The number of fused-ring (bicyclic) bond motifs is 1. The van der Waals surface area contributed by atoms with Gasteiger partial charge in [0.1, 0.15) is 11.6 Å². The third-order valence-corrected chi connectivity index (χ3v) is 3.50. The summed E-state index contributed by atoms with van der Waals surface area (Å²) in [5, 5.41) is 6.35. The number of nitrogen functional groups attached to an aromatic ring is 1. The Hall–Kier alpha value is -2.41. The van der Waals surface area contributed by atoms with Crippen LogP contribution in [0.15, 0.2) is 29.8 Å². The fourth-order valence-corrected chi connectivity index (χ4v) is 2.60. The zero-order valence-electron chi connectivity index (χ0n) is 10.9. The second-order valence-electron chi connectivity index (χ2n) is 4.19. The van der Waals surface area contributed by atoms with Gasteiger partial charge >= 0.3 is 0 Å². The lowest BCUT2D eigenvalue weighted by atomic mass is 10.3. The number of aromatic nitrogens is 3. The molecule has 0 spiro atoms. The molecule has 3 aromatic rings. The maximum Gasteiger partial charge on any atom is 0.223 e. The van der Waals surface area contributed by atoms with E-state index in [1.807, 2.05) is 36.7 Å². The van der Waals surface area contributed by atoms with E-state index in [0.29, 0.717) is 11.6 Å². The highest BCUT2D eigenvalue weighted by Gasteiger charge is 2.04. The molecule has 0 aliphatic heterocycles. The maximum atomic E-state index is 5.71. The number of nitrogens with one attached hydrogen (secondary N) is 2. The molecule has 2 heterocycles. The van der Waals surface area contributed by atoms with E-state index in [0.717, 1.165) is 22.4 Å². The van der Waals surface area contributed by atoms with Crippen LogP contribution in [0.1, 0.15) is 6.92 Å². The van der Waals surface area contributed by atoms with Gasteiger partial charge in [0.25, 0.3) is 0 Å². The van der Waals surface area contributed by atoms with Gasteiger partial charge in [-0.2, -0.15) is 9.97 Å². The van der Waals surface area contributed by atoms with Gasteiger partial charge in [-0.25, -0.2) is 4.98 Å². The fourth-order valence-electron chi connectivity index (χ4n) is 1.88. The number of anilines is 4. The van der Waals surface area contributed by atoms with Crippen LogP contribution in [0.25, 0.3) is 10.2 Å². The maximum absolute atomic E-state index is 5.71. The van der Waals surface area contributed by atoms with Crippen molar-refractivity contribution in [2.75, 3.05) is 22.9 Å². The normalized spacial score (nSPS) is 10.7. The lowest BCUT2D eigenvalue weighted by molar-refractivity contribution is 1.12. The lowest BCUT2D eigenvalue weighted by Crippen LogP contribution is -2.05. The molecule has 0 unspecified atom stereocenters. The Morgan fingerprint density at radius 3 is 2.90 bits per heavy atom. The van der Waals surface area contributed by atoms with Crippen molar-refractivity contribution in [3.63, 3.8) is 0 Å². The first-order valence-corrected chi connectivity index (χ1v) is 7.11. The van der Waals surface area contributed by atoms with Crippen molar-refractivity contribution in [2.24, 2.45) is 0 Å². The highest BCUT2D eigenvalue weighted by atomic mass is 32.1. The van der Waals surface area contributed by atoms with E-state index in [4.69, 9.17) is 5.73 Å². The van der Waals surface area contributed by atoms with Crippen molar-refractivity contribution >= 4 is 44.8 Å². The summed E-state index contributed by atoms with van der Waals surface area (Å²) in [4.78, 5) is 12.6. The SMILES string of the molecule is CCNc1cc(Nc2ccc3ncsc3c2)nc(N)n1. The predicted molar refractivity (Wildman–Crippen MR) is 83.5 cm³/mol. The second-order valence-corrected chi connectivity index (χ2v) is 5.07. The van der Waals surface area contributed by atoms with Crippen LogP contribution in [-0.2, 0) is 0 Å². The van der Waals surface area contributed by atoms with Gasteiger partial charge < -0.3 is 16.4 Å². The summed E-state index contributed by atoms with van der Waals surface area (Å²) in [6, 6.07) is 7.81. The minimum Gasteiger partial charge on any atom is -0.370 e. The summed E-state index contributed by atoms with van der Waals surface area (Å²) in [6.07, 6.45) is 0. The van der Waals surface area contributed by atoms with Crippen LogP contribution in [0.5, 0.6) is 0 Å². The Morgan fingerprint density at radius 1 is 1.20 bits per heavy atom. The molecule has 0 fully saturated rings. The Morgan fingerprint density at radius 2 is 2.05 bits per heavy atom. The minimum absolute atomic E-state index is 0.241. The molecule has 7 heteroatoms. The molecule has 6 nitrogen and oxygen atoms in total. The quantitative estimate of drug-likeness (QED) is 0.683. The summed E-state index contributed by atoms with van der Waals surface area (Å²) in [5.74, 6) is 1.61. The predicted octanol–water partition coefficient (Wildman–Crippen LogP) is 2.84. The molecule has 102 valence electrons. The third-order valence-electron chi connectivity index (χ3n) is 2.71. The summed E-state index contributed by atoms with van der Waals surface area (Å²) in [5.41, 5.74) is 9.48.